The van der Waals surface area contributed by atoms with Gasteiger partial charge in [0.15, 0.2) is 0 Å². The van der Waals surface area contributed by atoms with Crippen LogP contribution >= 0.6 is 0 Å². The third-order valence-electron chi connectivity index (χ3n) is 6.47. The maximum Gasteiger partial charge on any atom is 0.257 e. The molecule has 0 aromatic heterocycles. The van der Waals surface area contributed by atoms with Gasteiger partial charge in [-0.05, 0) is 47.4 Å². The highest BCUT2D eigenvalue weighted by atomic mass is 32.2. The molecule has 2 aliphatic heterocycles. The van der Waals surface area contributed by atoms with Gasteiger partial charge in [0.25, 0.3) is 5.91 Å². The van der Waals surface area contributed by atoms with E-state index in [2.05, 4.69) is 0 Å². The zero-order valence-electron chi connectivity index (χ0n) is 18.1. The van der Waals surface area contributed by atoms with Crippen molar-refractivity contribution in [2.45, 2.75) is 23.8 Å². The fourth-order valence-electron chi connectivity index (χ4n) is 4.79. The molecule has 0 spiro atoms. The van der Waals surface area contributed by atoms with E-state index in [0.717, 1.165) is 35.2 Å². The number of hydrogen-bond acceptors (Lipinski definition) is 4. The highest BCUT2D eigenvalue weighted by Crippen LogP contribution is 2.37. The number of halogens is 1. The van der Waals surface area contributed by atoms with Crippen molar-refractivity contribution in [2.24, 2.45) is 0 Å². The zero-order valence-corrected chi connectivity index (χ0v) is 18.9. The predicted octanol–water partition coefficient (Wildman–Crippen LogP) is 3.98. The fraction of sp³-hybridized carbons (Fsp3) is 0.320. The Morgan fingerprint density at radius 3 is 2.55 bits per heavy atom. The number of hydrogen-bond donors (Lipinski definition) is 0. The van der Waals surface area contributed by atoms with E-state index in [1.54, 1.807) is 4.90 Å². The van der Waals surface area contributed by atoms with Crippen molar-refractivity contribution in [3.05, 3.63) is 77.6 Å². The average Bonchev–Trinajstić information content (AvgIpc) is 3.34. The summed E-state index contributed by atoms with van der Waals surface area (Å²) in [4.78, 5) is 15.1. The van der Waals surface area contributed by atoms with Gasteiger partial charge < -0.3 is 9.64 Å². The molecule has 2 aliphatic rings. The summed E-state index contributed by atoms with van der Waals surface area (Å²) in [7, 11) is -3.84. The van der Waals surface area contributed by atoms with Crippen LogP contribution in [0.2, 0.25) is 0 Å². The van der Waals surface area contributed by atoms with Crippen LogP contribution in [0.25, 0.3) is 10.8 Å². The maximum absolute atomic E-state index is 14.8. The smallest absolute Gasteiger partial charge is 0.257 e. The molecule has 1 unspecified atom stereocenters. The molecule has 0 radical (unpaired) electrons. The van der Waals surface area contributed by atoms with E-state index in [0.29, 0.717) is 19.8 Å². The van der Waals surface area contributed by atoms with E-state index >= 15 is 0 Å². The number of amides is 1. The van der Waals surface area contributed by atoms with Crippen LogP contribution in [0.1, 0.15) is 34.8 Å². The van der Waals surface area contributed by atoms with Crippen LogP contribution in [-0.4, -0.2) is 56.4 Å². The van der Waals surface area contributed by atoms with Crippen LogP contribution in [-0.2, 0) is 14.8 Å². The van der Waals surface area contributed by atoms with Crippen molar-refractivity contribution in [2.75, 3.05) is 32.8 Å². The van der Waals surface area contributed by atoms with E-state index in [9.17, 15) is 17.6 Å². The van der Waals surface area contributed by atoms with Crippen LogP contribution in [0, 0.1) is 5.82 Å². The summed E-state index contributed by atoms with van der Waals surface area (Å²) >= 11 is 0. The molecular formula is C25H25FN2O4S. The Labute approximate surface area is 192 Å². The van der Waals surface area contributed by atoms with Gasteiger partial charge in [-0.1, -0.05) is 42.5 Å². The lowest BCUT2D eigenvalue weighted by molar-refractivity contribution is 0.0726. The Morgan fingerprint density at radius 1 is 0.970 bits per heavy atom. The Bertz CT molecular complexity index is 1300. The molecule has 8 heteroatoms. The molecule has 3 aromatic rings. The zero-order chi connectivity index (χ0) is 23.0. The molecule has 172 valence electrons. The standard InChI is InChI=1S/C25H25FN2O4S/c26-23-11-10-19(33(30,31)27-13-15-32-16-14-27)17-22(23)25(29)28-12-4-9-24(28)21-8-3-6-18-5-1-2-7-20(18)21/h1-3,5-8,10-11,17,24H,4,9,12-16H2. The molecule has 6 nitrogen and oxygen atoms in total. The second kappa shape index (κ2) is 8.85. The van der Waals surface area contributed by atoms with Gasteiger partial charge in [0.05, 0.1) is 29.7 Å². The van der Waals surface area contributed by atoms with Crippen LogP contribution in [0.3, 0.4) is 0 Å². The summed E-state index contributed by atoms with van der Waals surface area (Å²) in [6.45, 7) is 1.59. The molecule has 3 aromatic carbocycles. The van der Waals surface area contributed by atoms with Gasteiger partial charge in [-0.2, -0.15) is 4.31 Å². The molecule has 5 rings (SSSR count). The minimum Gasteiger partial charge on any atom is -0.379 e. The number of fused-ring (bicyclic) bond motifs is 1. The second-order valence-corrected chi connectivity index (χ2v) is 10.3. The van der Waals surface area contributed by atoms with Crippen LogP contribution in [0.15, 0.2) is 65.6 Å². The summed E-state index contributed by atoms with van der Waals surface area (Å²) in [5, 5.41) is 2.15. The van der Waals surface area contributed by atoms with Crippen molar-refractivity contribution in [3.63, 3.8) is 0 Å². The first-order valence-corrected chi connectivity index (χ1v) is 12.6. The quantitative estimate of drug-likeness (QED) is 0.581. The van der Waals surface area contributed by atoms with Crippen molar-refractivity contribution >= 4 is 26.7 Å². The first-order valence-electron chi connectivity index (χ1n) is 11.1. The highest BCUT2D eigenvalue weighted by Gasteiger charge is 2.34. The van der Waals surface area contributed by atoms with Crippen molar-refractivity contribution < 1.29 is 22.3 Å². The molecular weight excluding hydrogens is 443 g/mol. The summed E-state index contributed by atoms with van der Waals surface area (Å²) in [6, 6.07) is 17.3. The van der Waals surface area contributed by atoms with Crippen molar-refractivity contribution in [1.82, 2.24) is 9.21 Å². The molecule has 0 saturated carbocycles. The minimum atomic E-state index is -3.84. The first-order chi connectivity index (χ1) is 16.0. The van der Waals surface area contributed by atoms with Gasteiger partial charge >= 0.3 is 0 Å². The molecule has 2 heterocycles. The molecule has 1 amide bonds. The Hall–Kier alpha value is -2.81. The number of morpholine rings is 1. The lowest BCUT2D eigenvalue weighted by atomic mass is 9.97. The molecule has 0 bridgehead atoms. The van der Waals surface area contributed by atoms with Crippen LogP contribution < -0.4 is 0 Å². The monoisotopic (exact) mass is 468 g/mol. The van der Waals surface area contributed by atoms with Gasteiger partial charge in [-0.3, -0.25) is 4.79 Å². The van der Waals surface area contributed by atoms with Gasteiger partial charge in [0.1, 0.15) is 5.82 Å². The first kappa shape index (κ1) is 22.0. The molecule has 0 N–H and O–H groups in total. The third kappa shape index (κ3) is 4.03. The molecule has 2 fully saturated rings. The topological polar surface area (TPSA) is 66.9 Å². The average molecular weight is 469 g/mol. The third-order valence-corrected chi connectivity index (χ3v) is 8.37. The summed E-state index contributed by atoms with van der Waals surface area (Å²) in [6.07, 6.45) is 1.57. The Morgan fingerprint density at radius 2 is 1.73 bits per heavy atom. The minimum absolute atomic E-state index is 0.0740. The normalized spacial score (nSPS) is 19.8. The van der Waals surface area contributed by atoms with Crippen molar-refractivity contribution in [1.29, 1.82) is 0 Å². The number of carbonyl (C=O) groups is 1. The molecule has 1 atom stereocenters. The van der Waals surface area contributed by atoms with E-state index in [4.69, 9.17) is 4.74 Å². The summed E-state index contributed by atoms with van der Waals surface area (Å²) < 4.78 is 47.5. The Balaban J connectivity index is 1.49. The number of carbonyl (C=O) groups excluding carboxylic acids is 1. The number of sulfonamides is 1. The number of nitrogens with zero attached hydrogens (tertiary/aromatic N) is 2. The molecule has 33 heavy (non-hydrogen) atoms. The van der Waals surface area contributed by atoms with Gasteiger partial charge in [0, 0.05) is 19.6 Å². The fourth-order valence-corrected chi connectivity index (χ4v) is 6.23. The van der Waals surface area contributed by atoms with E-state index in [-0.39, 0.29) is 29.6 Å². The highest BCUT2D eigenvalue weighted by molar-refractivity contribution is 7.89. The van der Waals surface area contributed by atoms with E-state index < -0.39 is 21.7 Å². The van der Waals surface area contributed by atoms with Crippen LogP contribution in [0.4, 0.5) is 4.39 Å². The van der Waals surface area contributed by atoms with Crippen molar-refractivity contribution in [3.8, 4) is 0 Å². The second-order valence-electron chi connectivity index (χ2n) is 8.38. The lowest BCUT2D eigenvalue weighted by Gasteiger charge is -2.28. The van der Waals surface area contributed by atoms with Crippen LogP contribution in [0.5, 0.6) is 0 Å². The van der Waals surface area contributed by atoms with Gasteiger partial charge in [-0.25, -0.2) is 12.8 Å². The predicted molar refractivity (Wildman–Crippen MR) is 123 cm³/mol. The number of ether oxygens (including phenoxy) is 1. The van der Waals surface area contributed by atoms with Gasteiger partial charge in [0.2, 0.25) is 10.0 Å². The SMILES string of the molecule is O=C(c1cc(S(=O)(=O)N2CCOCC2)ccc1F)N1CCCC1c1cccc2ccccc12. The number of rotatable bonds is 4. The number of benzene rings is 3. The largest absolute Gasteiger partial charge is 0.379 e. The lowest BCUT2D eigenvalue weighted by Crippen LogP contribution is -2.40. The Kier molecular flexibility index (Phi) is 5.90. The number of likely N-dealkylation sites (tertiary alicyclic amines) is 1. The summed E-state index contributed by atoms with van der Waals surface area (Å²) in [5.74, 6) is -1.20. The maximum atomic E-state index is 14.8. The van der Waals surface area contributed by atoms with Gasteiger partial charge in [-0.15, -0.1) is 0 Å². The molecule has 2 saturated heterocycles. The molecule has 0 aliphatic carbocycles. The van der Waals surface area contributed by atoms with E-state index in [1.807, 2.05) is 42.5 Å². The summed E-state index contributed by atoms with van der Waals surface area (Å²) in [5.41, 5.74) is 0.813. The van der Waals surface area contributed by atoms with E-state index in [1.165, 1.54) is 16.4 Å².